The van der Waals surface area contributed by atoms with Gasteiger partial charge in [-0.2, -0.15) is 13.2 Å². The molecular formula is C8H17F3NO2SiZn-. The zero-order valence-electron chi connectivity index (χ0n) is 9.82. The van der Waals surface area contributed by atoms with Gasteiger partial charge in [0.1, 0.15) is 0 Å². The standard InChI is InChI=1S/C6H16OSi.C2H2F3NO.Zn/c1-4-8(7,5-2)6-3;3-2(4,5)1(6)7;/h7H,4-6H2,1-3H3;(H2,6,7);/p-1. The summed E-state index contributed by atoms with van der Waals surface area (Å²) in [7, 11) is -1.67. The summed E-state index contributed by atoms with van der Waals surface area (Å²) in [5.74, 6) is -2.51. The second-order valence-corrected chi connectivity index (χ2v) is 7.68. The predicted octanol–water partition coefficient (Wildman–Crippen LogP) is 3.11. The van der Waals surface area contributed by atoms with Crippen molar-refractivity contribution in [2.45, 2.75) is 45.1 Å². The first kappa shape index (κ1) is 21.4. The monoisotopic (exact) mass is 308 g/mol. The Morgan fingerprint density at radius 3 is 1.38 bits per heavy atom. The molecule has 8 heteroatoms. The third-order valence-electron chi connectivity index (χ3n) is 2.23. The van der Waals surface area contributed by atoms with Gasteiger partial charge in [0.05, 0.1) is 0 Å². The first-order valence-electron chi connectivity index (χ1n) is 4.68. The Kier molecular flexibility index (Phi) is 12.2. The smallest absolute Gasteiger partial charge is 0.432 e. The normalized spacial score (nSPS) is 10.9. The fourth-order valence-electron chi connectivity index (χ4n) is 0.750. The molecule has 0 unspecified atom stereocenters. The second-order valence-electron chi connectivity index (χ2n) is 3.11. The number of hydrogen-bond donors (Lipinski definition) is 1. The van der Waals surface area contributed by atoms with Crippen LogP contribution in [0.2, 0.25) is 18.1 Å². The molecule has 0 atom stereocenters. The summed E-state index contributed by atoms with van der Waals surface area (Å²) in [4.78, 5) is 18.6. The van der Waals surface area contributed by atoms with Crippen LogP contribution in [0, 0.1) is 0 Å². The Morgan fingerprint density at radius 2 is 1.38 bits per heavy atom. The topological polar surface area (TPSA) is 61.1 Å². The third kappa shape index (κ3) is 10.6. The molecule has 0 aliphatic heterocycles. The Hall–Kier alpha value is 0.0603. The van der Waals surface area contributed by atoms with Gasteiger partial charge < -0.3 is 15.3 Å². The van der Waals surface area contributed by atoms with Crippen molar-refractivity contribution in [1.82, 2.24) is 0 Å². The van der Waals surface area contributed by atoms with E-state index in [9.17, 15) is 18.0 Å². The van der Waals surface area contributed by atoms with Crippen LogP contribution in [-0.4, -0.2) is 25.2 Å². The summed E-state index contributed by atoms with van der Waals surface area (Å²) >= 11 is 0. The molecule has 2 N–H and O–H groups in total. The largest absolute Gasteiger partial charge is 0.660 e. The van der Waals surface area contributed by atoms with Crippen LogP contribution in [-0.2, 0) is 24.3 Å². The molecule has 0 spiro atoms. The summed E-state index contributed by atoms with van der Waals surface area (Å²) in [5, 5.41) is 0. The van der Waals surface area contributed by atoms with Crippen LogP contribution in [0.4, 0.5) is 13.2 Å². The van der Waals surface area contributed by atoms with Crippen molar-refractivity contribution >= 4 is 14.2 Å². The molecule has 0 aliphatic rings. The second kappa shape index (κ2) is 9.13. The molecule has 0 bridgehead atoms. The Bertz CT molecular complexity index is 190. The van der Waals surface area contributed by atoms with Gasteiger partial charge in [-0.25, -0.2) is 0 Å². The summed E-state index contributed by atoms with van der Waals surface area (Å²) in [5.41, 5.74) is 5.47. The van der Waals surface area contributed by atoms with E-state index in [4.69, 9.17) is 10.5 Å². The van der Waals surface area contributed by atoms with Crippen LogP contribution in [0.3, 0.4) is 0 Å². The SMILES string of the molecule is CC[Si](O)(CC)CC.[NH-]C(=O)C(F)(F)F.[Zn]. The maximum Gasteiger partial charge on any atom is 0.432 e. The summed E-state index contributed by atoms with van der Waals surface area (Å²) < 4.78 is 31.9. The first-order chi connectivity index (χ1) is 6.63. The Balaban J connectivity index is -0.000000200. The molecule has 0 saturated carbocycles. The number of carbonyl (C=O) groups excluding carboxylic acids is 1. The number of carbonyl (C=O) groups is 1. The molecule has 0 aromatic carbocycles. The van der Waals surface area contributed by atoms with Gasteiger partial charge in [-0.15, -0.1) is 0 Å². The van der Waals surface area contributed by atoms with Gasteiger partial charge in [0.2, 0.25) is 0 Å². The summed E-state index contributed by atoms with van der Waals surface area (Å²) in [6.45, 7) is 6.25. The molecular weight excluding hydrogens is 293 g/mol. The van der Waals surface area contributed by atoms with Gasteiger partial charge >= 0.3 is 6.18 Å². The van der Waals surface area contributed by atoms with Crippen molar-refractivity contribution in [1.29, 1.82) is 0 Å². The van der Waals surface area contributed by atoms with Crippen LogP contribution in [0.25, 0.3) is 5.73 Å². The average Bonchev–Trinajstić information content (AvgIpc) is 2.16. The Morgan fingerprint density at radius 1 is 1.19 bits per heavy atom. The molecule has 0 fully saturated rings. The van der Waals surface area contributed by atoms with Gasteiger partial charge in [-0.1, -0.05) is 20.8 Å². The third-order valence-corrected chi connectivity index (χ3v) is 6.18. The van der Waals surface area contributed by atoms with E-state index in [0.717, 1.165) is 18.1 Å². The quantitative estimate of drug-likeness (QED) is 0.814. The Labute approximate surface area is 107 Å². The van der Waals surface area contributed by atoms with Crippen LogP contribution in [0.1, 0.15) is 20.8 Å². The van der Waals surface area contributed by atoms with Crippen molar-refractivity contribution in [3.05, 3.63) is 5.73 Å². The molecule has 94 valence electrons. The van der Waals surface area contributed by atoms with E-state index in [1.807, 2.05) is 0 Å². The molecule has 0 radical (unpaired) electrons. The van der Waals surface area contributed by atoms with Gasteiger partial charge in [0.25, 0.3) is 0 Å². The minimum absolute atomic E-state index is 0. The van der Waals surface area contributed by atoms with E-state index in [1.54, 1.807) is 0 Å². The molecule has 0 aromatic rings. The number of rotatable bonds is 3. The molecule has 16 heavy (non-hydrogen) atoms. The number of nitrogens with one attached hydrogen (secondary N) is 1. The van der Waals surface area contributed by atoms with Crippen molar-refractivity contribution in [3.63, 3.8) is 0 Å². The number of halogens is 3. The van der Waals surface area contributed by atoms with E-state index >= 15 is 0 Å². The van der Waals surface area contributed by atoms with E-state index < -0.39 is 20.4 Å². The molecule has 0 aromatic heterocycles. The number of alkyl halides is 3. The van der Waals surface area contributed by atoms with Crippen LogP contribution < -0.4 is 0 Å². The molecule has 0 rings (SSSR count). The van der Waals surface area contributed by atoms with E-state index in [0.29, 0.717) is 0 Å². The van der Waals surface area contributed by atoms with Crippen molar-refractivity contribution in [3.8, 4) is 0 Å². The van der Waals surface area contributed by atoms with Gasteiger partial charge in [0, 0.05) is 19.5 Å². The first-order valence-corrected chi connectivity index (χ1v) is 7.25. The molecule has 0 saturated heterocycles. The predicted molar refractivity (Wildman–Crippen MR) is 54.8 cm³/mol. The van der Waals surface area contributed by atoms with Crippen LogP contribution >= 0.6 is 0 Å². The van der Waals surface area contributed by atoms with Crippen molar-refractivity contribution < 1.29 is 42.2 Å². The zero-order valence-corrected chi connectivity index (χ0v) is 13.8. The van der Waals surface area contributed by atoms with Crippen LogP contribution in [0.5, 0.6) is 0 Å². The zero-order chi connectivity index (χ0) is 12.7. The number of amides is 1. The van der Waals surface area contributed by atoms with Gasteiger partial charge in [-0.3, -0.25) is 0 Å². The molecule has 1 amide bonds. The fourth-order valence-corrected chi connectivity index (χ4v) is 2.25. The maximum absolute atomic E-state index is 10.6. The molecule has 3 nitrogen and oxygen atoms in total. The van der Waals surface area contributed by atoms with Gasteiger partial charge in [-0.05, 0) is 18.1 Å². The van der Waals surface area contributed by atoms with Crippen molar-refractivity contribution in [2.24, 2.45) is 0 Å². The van der Waals surface area contributed by atoms with E-state index in [1.165, 1.54) is 0 Å². The number of hydrogen-bond acceptors (Lipinski definition) is 2. The molecule has 0 heterocycles. The minimum Gasteiger partial charge on any atom is -0.660 e. The maximum atomic E-state index is 10.6. The minimum atomic E-state index is -4.97. The van der Waals surface area contributed by atoms with Crippen molar-refractivity contribution in [2.75, 3.05) is 0 Å². The summed E-state index contributed by atoms with van der Waals surface area (Å²) in [6.07, 6.45) is -4.97. The van der Waals surface area contributed by atoms with Crippen LogP contribution in [0.15, 0.2) is 0 Å². The van der Waals surface area contributed by atoms with E-state index in [-0.39, 0.29) is 19.5 Å². The average molecular weight is 310 g/mol. The summed E-state index contributed by atoms with van der Waals surface area (Å²) in [6, 6.07) is 3.04. The fraction of sp³-hybridized carbons (Fsp3) is 0.875. The van der Waals surface area contributed by atoms with E-state index in [2.05, 4.69) is 20.8 Å². The molecule has 0 aliphatic carbocycles. The van der Waals surface area contributed by atoms with Gasteiger partial charge in [0.15, 0.2) is 14.2 Å².